The Morgan fingerprint density at radius 2 is 2.21 bits per heavy atom. The first-order chi connectivity index (χ1) is 9.29. The van der Waals surface area contributed by atoms with Crippen molar-refractivity contribution in [1.82, 2.24) is 15.3 Å². The van der Waals surface area contributed by atoms with Crippen molar-refractivity contribution in [2.75, 3.05) is 26.4 Å². The minimum Gasteiger partial charge on any atom is -0.463 e. The molecular formula is C14H23N3O2. The Labute approximate surface area is 114 Å². The first kappa shape index (κ1) is 14.2. The van der Waals surface area contributed by atoms with Crippen LogP contribution >= 0.6 is 0 Å². The van der Waals surface area contributed by atoms with Crippen molar-refractivity contribution in [1.29, 1.82) is 0 Å². The van der Waals surface area contributed by atoms with E-state index < -0.39 is 0 Å². The molecule has 2 rings (SSSR count). The third-order valence-corrected chi connectivity index (χ3v) is 3.41. The van der Waals surface area contributed by atoms with E-state index >= 15 is 0 Å². The van der Waals surface area contributed by atoms with E-state index in [2.05, 4.69) is 22.2 Å². The molecule has 1 aromatic rings. The van der Waals surface area contributed by atoms with Gasteiger partial charge in [-0.3, -0.25) is 0 Å². The van der Waals surface area contributed by atoms with Gasteiger partial charge in [-0.05, 0) is 32.2 Å². The number of nitrogens with zero attached hydrogens (tertiary/aromatic N) is 2. The zero-order valence-electron chi connectivity index (χ0n) is 11.8. The molecule has 0 unspecified atom stereocenters. The molecule has 0 bridgehead atoms. The molecule has 0 aromatic carbocycles. The van der Waals surface area contributed by atoms with Gasteiger partial charge >= 0.3 is 6.01 Å². The second kappa shape index (κ2) is 7.40. The molecule has 0 atom stereocenters. The van der Waals surface area contributed by atoms with E-state index in [-0.39, 0.29) is 0 Å². The van der Waals surface area contributed by atoms with E-state index in [1.165, 1.54) is 0 Å². The van der Waals surface area contributed by atoms with E-state index in [1.807, 2.05) is 13.1 Å². The molecule has 19 heavy (non-hydrogen) atoms. The highest BCUT2D eigenvalue weighted by atomic mass is 16.5. The average molecular weight is 265 g/mol. The van der Waals surface area contributed by atoms with Crippen molar-refractivity contribution in [3.05, 3.63) is 17.5 Å². The number of ether oxygens (including phenoxy) is 2. The predicted octanol–water partition coefficient (Wildman–Crippen LogP) is 1.70. The number of aromatic nitrogens is 2. The lowest BCUT2D eigenvalue weighted by Crippen LogP contribution is -2.22. The monoisotopic (exact) mass is 265 g/mol. The highest BCUT2D eigenvalue weighted by Crippen LogP contribution is 2.16. The second-order valence-electron chi connectivity index (χ2n) is 4.91. The van der Waals surface area contributed by atoms with Gasteiger partial charge in [0.15, 0.2) is 0 Å². The molecular weight excluding hydrogens is 242 g/mol. The summed E-state index contributed by atoms with van der Waals surface area (Å²) in [4.78, 5) is 8.68. The normalized spacial score (nSPS) is 16.5. The molecule has 0 amide bonds. The van der Waals surface area contributed by atoms with E-state index in [0.717, 1.165) is 50.4 Å². The second-order valence-corrected chi connectivity index (χ2v) is 4.91. The van der Waals surface area contributed by atoms with Gasteiger partial charge in [0.05, 0.1) is 6.61 Å². The van der Waals surface area contributed by atoms with Gasteiger partial charge < -0.3 is 14.8 Å². The lowest BCUT2D eigenvalue weighted by atomic mass is 10.0. The smallest absolute Gasteiger partial charge is 0.316 e. The van der Waals surface area contributed by atoms with Gasteiger partial charge in [0.2, 0.25) is 0 Å². The lowest BCUT2D eigenvalue weighted by molar-refractivity contribution is 0.0482. The molecule has 5 nitrogen and oxygen atoms in total. The fourth-order valence-corrected chi connectivity index (χ4v) is 2.08. The number of aryl methyl sites for hydroxylation is 1. The predicted molar refractivity (Wildman–Crippen MR) is 73.2 cm³/mol. The Morgan fingerprint density at radius 3 is 2.89 bits per heavy atom. The molecule has 0 saturated carbocycles. The van der Waals surface area contributed by atoms with E-state index in [9.17, 15) is 0 Å². The molecule has 0 spiro atoms. The summed E-state index contributed by atoms with van der Waals surface area (Å²) in [6.07, 6.45) is 3.99. The van der Waals surface area contributed by atoms with Crippen molar-refractivity contribution >= 4 is 0 Å². The fourth-order valence-electron chi connectivity index (χ4n) is 2.08. The summed E-state index contributed by atoms with van der Waals surface area (Å²) in [5, 5.41) is 3.27. The summed E-state index contributed by atoms with van der Waals surface area (Å²) in [7, 11) is 0. The van der Waals surface area contributed by atoms with E-state index in [4.69, 9.17) is 9.47 Å². The number of rotatable bonds is 6. The van der Waals surface area contributed by atoms with Crippen LogP contribution in [0.4, 0.5) is 0 Å². The number of hydrogen-bond acceptors (Lipinski definition) is 5. The minimum absolute atomic E-state index is 0.490. The van der Waals surface area contributed by atoms with Crippen molar-refractivity contribution < 1.29 is 9.47 Å². The fraction of sp³-hybridized carbons (Fsp3) is 0.714. The van der Waals surface area contributed by atoms with Gasteiger partial charge in [-0.25, -0.2) is 9.97 Å². The van der Waals surface area contributed by atoms with Gasteiger partial charge in [-0.15, -0.1) is 0 Å². The van der Waals surface area contributed by atoms with Crippen LogP contribution in [0.15, 0.2) is 6.20 Å². The Bertz CT molecular complexity index is 392. The largest absolute Gasteiger partial charge is 0.463 e. The maximum Gasteiger partial charge on any atom is 0.316 e. The SMILES string of the molecule is CCNCc1cnc(OCC2CCOCC2)nc1C. The van der Waals surface area contributed by atoms with E-state index in [1.54, 1.807) is 0 Å². The van der Waals surface area contributed by atoms with Crippen LogP contribution in [0.25, 0.3) is 0 Å². The van der Waals surface area contributed by atoms with Crippen molar-refractivity contribution in [3.8, 4) is 6.01 Å². The first-order valence-corrected chi connectivity index (χ1v) is 7.03. The van der Waals surface area contributed by atoms with Crippen molar-refractivity contribution in [2.45, 2.75) is 33.2 Å². The molecule has 1 N–H and O–H groups in total. The third-order valence-electron chi connectivity index (χ3n) is 3.41. The summed E-state index contributed by atoms with van der Waals surface area (Å²) in [6, 6.07) is 0.490. The van der Waals surface area contributed by atoms with Crippen LogP contribution in [0.2, 0.25) is 0 Å². The molecule has 1 aromatic heterocycles. The minimum atomic E-state index is 0.490. The molecule has 1 saturated heterocycles. The molecule has 1 fully saturated rings. The summed E-state index contributed by atoms with van der Waals surface area (Å²) in [6.45, 7) is 8.21. The molecule has 106 valence electrons. The molecule has 2 heterocycles. The van der Waals surface area contributed by atoms with Gasteiger partial charge in [0.25, 0.3) is 0 Å². The summed E-state index contributed by atoms with van der Waals surface area (Å²) in [5.74, 6) is 0.569. The molecule has 5 heteroatoms. The molecule has 1 aliphatic heterocycles. The molecule has 1 aliphatic rings. The van der Waals surface area contributed by atoms with Crippen LogP contribution in [0.3, 0.4) is 0 Å². The van der Waals surface area contributed by atoms with Gasteiger partial charge in [0.1, 0.15) is 0 Å². The summed E-state index contributed by atoms with van der Waals surface area (Å²) >= 11 is 0. The zero-order valence-corrected chi connectivity index (χ0v) is 11.8. The molecule has 0 aliphatic carbocycles. The topological polar surface area (TPSA) is 56.3 Å². The third kappa shape index (κ3) is 4.44. The summed E-state index contributed by atoms with van der Waals surface area (Å²) in [5.41, 5.74) is 2.11. The summed E-state index contributed by atoms with van der Waals surface area (Å²) < 4.78 is 11.0. The van der Waals surface area contributed by atoms with Crippen molar-refractivity contribution in [2.24, 2.45) is 5.92 Å². The highest BCUT2D eigenvalue weighted by Gasteiger charge is 2.15. The van der Waals surface area contributed by atoms with Crippen molar-refractivity contribution in [3.63, 3.8) is 0 Å². The van der Waals surface area contributed by atoms with Gasteiger partial charge in [0, 0.05) is 37.2 Å². The van der Waals surface area contributed by atoms with Crippen LogP contribution in [0.1, 0.15) is 31.0 Å². The standard InChI is InChI=1S/C14H23N3O2/c1-3-15-8-13-9-16-14(17-11(13)2)19-10-12-4-6-18-7-5-12/h9,12,15H,3-8,10H2,1-2H3. The van der Waals surface area contributed by atoms with Gasteiger partial charge in [-0.1, -0.05) is 6.92 Å². The maximum atomic E-state index is 5.69. The van der Waals surface area contributed by atoms with Crippen LogP contribution in [0.5, 0.6) is 6.01 Å². The Hall–Kier alpha value is -1.20. The number of hydrogen-bond donors (Lipinski definition) is 1. The van der Waals surface area contributed by atoms with Crippen LogP contribution in [-0.4, -0.2) is 36.3 Å². The molecule has 0 radical (unpaired) electrons. The van der Waals surface area contributed by atoms with E-state index in [0.29, 0.717) is 18.5 Å². The van der Waals surface area contributed by atoms with Crippen LogP contribution < -0.4 is 10.1 Å². The Morgan fingerprint density at radius 1 is 1.42 bits per heavy atom. The first-order valence-electron chi connectivity index (χ1n) is 7.03. The highest BCUT2D eigenvalue weighted by molar-refractivity contribution is 5.17. The zero-order chi connectivity index (χ0) is 13.5. The average Bonchev–Trinajstić information content (AvgIpc) is 2.45. The van der Waals surface area contributed by atoms with Crippen LogP contribution in [-0.2, 0) is 11.3 Å². The van der Waals surface area contributed by atoms with Gasteiger partial charge in [-0.2, -0.15) is 0 Å². The lowest BCUT2D eigenvalue weighted by Gasteiger charge is -2.21. The maximum absolute atomic E-state index is 5.69. The van der Waals surface area contributed by atoms with Crippen LogP contribution in [0, 0.1) is 12.8 Å². The number of nitrogens with one attached hydrogen (secondary N) is 1. The Kier molecular flexibility index (Phi) is 5.54. The Balaban J connectivity index is 1.84. The quantitative estimate of drug-likeness (QED) is 0.848.